The molecule has 1 unspecified atom stereocenters. The van der Waals surface area contributed by atoms with Crippen molar-refractivity contribution in [2.45, 2.75) is 6.10 Å². The van der Waals surface area contributed by atoms with Gasteiger partial charge in [-0.1, -0.05) is 24.3 Å². The molecule has 0 amide bonds. The van der Waals surface area contributed by atoms with Crippen molar-refractivity contribution in [2.24, 2.45) is 0 Å². The van der Waals surface area contributed by atoms with E-state index in [9.17, 15) is 5.11 Å². The lowest BCUT2D eigenvalue weighted by molar-refractivity contribution is 0.178. The van der Waals surface area contributed by atoms with Crippen LogP contribution < -0.4 is 5.32 Å². The van der Waals surface area contributed by atoms with Gasteiger partial charge < -0.3 is 10.4 Å². The summed E-state index contributed by atoms with van der Waals surface area (Å²) in [7, 11) is 1.82. The zero-order chi connectivity index (χ0) is 8.10. The van der Waals surface area contributed by atoms with Gasteiger partial charge >= 0.3 is 0 Å². The minimum Gasteiger partial charge on any atom is -0.387 e. The molecule has 0 saturated carbocycles. The topological polar surface area (TPSA) is 32.3 Å². The smallest absolute Gasteiger partial charge is 0.0914 e. The molecule has 2 N–H and O–H groups in total. The van der Waals surface area contributed by atoms with E-state index < -0.39 is 6.10 Å². The number of benzene rings is 1. The number of hydrogen-bond acceptors (Lipinski definition) is 2. The second kappa shape index (κ2) is 4.11. The van der Waals surface area contributed by atoms with Crippen molar-refractivity contribution in [3.05, 3.63) is 35.9 Å². The van der Waals surface area contributed by atoms with Crippen molar-refractivity contribution in [3.8, 4) is 0 Å². The van der Waals surface area contributed by atoms with E-state index >= 15 is 0 Å². The second-order valence-corrected chi connectivity index (χ2v) is 2.41. The molecular formula is C9H12NO. The van der Waals surface area contributed by atoms with E-state index in [1.54, 1.807) is 12.1 Å². The maximum absolute atomic E-state index is 9.44. The average Bonchev–Trinajstić information content (AvgIpc) is 2.07. The maximum atomic E-state index is 9.44. The third-order valence-electron chi connectivity index (χ3n) is 1.53. The Hall–Kier alpha value is -0.860. The van der Waals surface area contributed by atoms with Gasteiger partial charge in [0.15, 0.2) is 0 Å². The van der Waals surface area contributed by atoms with E-state index in [-0.39, 0.29) is 0 Å². The highest BCUT2D eigenvalue weighted by Crippen LogP contribution is 2.09. The lowest BCUT2D eigenvalue weighted by Gasteiger charge is -2.08. The first-order valence-electron chi connectivity index (χ1n) is 3.63. The molecule has 0 bridgehead atoms. The minimum atomic E-state index is -0.408. The summed E-state index contributed by atoms with van der Waals surface area (Å²) in [6, 6.07) is 10.2. The molecule has 2 heteroatoms. The zero-order valence-corrected chi connectivity index (χ0v) is 6.54. The van der Waals surface area contributed by atoms with Crippen LogP contribution in [0.2, 0.25) is 0 Å². The SMILES string of the molecule is CNCC(O)c1cc[c]cc1. The largest absolute Gasteiger partial charge is 0.387 e. The van der Waals surface area contributed by atoms with Crippen LogP contribution in [0.15, 0.2) is 24.3 Å². The van der Waals surface area contributed by atoms with Crippen LogP contribution in [-0.2, 0) is 0 Å². The Morgan fingerprint density at radius 1 is 1.55 bits per heavy atom. The summed E-state index contributed by atoms with van der Waals surface area (Å²) in [6.45, 7) is 0.587. The highest BCUT2D eigenvalue weighted by atomic mass is 16.3. The van der Waals surface area contributed by atoms with E-state index in [4.69, 9.17) is 0 Å². The van der Waals surface area contributed by atoms with Crippen LogP contribution in [0.5, 0.6) is 0 Å². The van der Waals surface area contributed by atoms with Gasteiger partial charge in [-0.2, -0.15) is 0 Å². The van der Waals surface area contributed by atoms with Gasteiger partial charge in [0.1, 0.15) is 0 Å². The molecule has 11 heavy (non-hydrogen) atoms. The number of nitrogens with one attached hydrogen (secondary N) is 1. The maximum Gasteiger partial charge on any atom is 0.0914 e. The summed E-state index contributed by atoms with van der Waals surface area (Å²) in [5.74, 6) is 0. The molecule has 59 valence electrons. The van der Waals surface area contributed by atoms with Crippen LogP contribution in [0.4, 0.5) is 0 Å². The number of hydrogen-bond donors (Lipinski definition) is 2. The lowest BCUT2D eigenvalue weighted by Crippen LogP contribution is -2.16. The number of aliphatic hydroxyl groups excluding tert-OH is 1. The molecule has 2 nitrogen and oxygen atoms in total. The fourth-order valence-corrected chi connectivity index (χ4v) is 0.933. The monoisotopic (exact) mass is 150 g/mol. The average molecular weight is 150 g/mol. The van der Waals surface area contributed by atoms with Crippen LogP contribution in [-0.4, -0.2) is 18.7 Å². The van der Waals surface area contributed by atoms with Crippen molar-refractivity contribution >= 4 is 0 Å². The highest BCUT2D eigenvalue weighted by molar-refractivity contribution is 5.16. The molecule has 1 aromatic rings. The first-order valence-corrected chi connectivity index (χ1v) is 3.63. The summed E-state index contributed by atoms with van der Waals surface area (Å²) >= 11 is 0. The molecule has 0 fully saturated rings. The van der Waals surface area contributed by atoms with E-state index in [0.29, 0.717) is 6.54 Å². The second-order valence-electron chi connectivity index (χ2n) is 2.41. The Morgan fingerprint density at radius 3 is 2.73 bits per heavy atom. The molecule has 0 aliphatic carbocycles. The molecular weight excluding hydrogens is 138 g/mol. The van der Waals surface area contributed by atoms with Crippen LogP contribution in [0, 0.1) is 6.07 Å². The molecule has 1 rings (SSSR count). The number of aliphatic hydroxyl groups is 1. The predicted molar refractivity (Wildman–Crippen MR) is 44.2 cm³/mol. The zero-order valence-electron chi connectivity index (χ0n) is 6.54. The molecule has 1 radical (unpaired) electrons. The van der Waals surface area contributed by atoms with E-state index in [1.165, 1.54) is 0 Å². The van der Waals surface area contributed by atoms with Crippen LogP contribution >= 0.6 is 0 Å². The molecule has 0 aliphatic heterocycles. The van der Waals surface area contributed by atoms with Crippen molar-refractivity contribution in [3.63, 3.8) is 0 Å². The molecule has 0 spiro atoms. The van der Waals surface area contributed by atoms with Crippen molar-refractivity contribution in [1.82, 2.24) is 5.32 Å². The van der Waals surface area contributed by atoms with Gasteiger partial charge in [0.25, 0.3) is 0 Å². The normalized spacial score (nSPS) is 12.9. The van der Waals surface area contributed by atoms with Crippen LogP contribution in [0.25, 0.3) is 0 Å². The van der Waals surface area contributed by atoms with Crippen molar-refractivity contribution < 1.29 is 5.11 Å². The Morgan fingerprint density at radius 2 is 2.18 bits per heavy atom. The minimum absolute atomic E-state index is 0.408. The summed E-state index contributed by atoms with van der Waals surface area (Å²) in [5, 5.41) is 12.3. The lowest BCUT2D eigenvalue weighted by atomic mass is 10.1. The fourth-order valence-electron chi connectivity index (χ4n) is 0.933. The Labute approximate surface area is 66.9 Å². The molecule has 1 aromatic carbocycles. The molecule has 0 saturated heterocycles. The summed E-state index contributed by atoms with van der Waals surface area (Å²) in [6.07, 6.45) is -0.408. The molecule has 0 aliphatic rings. The Kier molecular flexibility index (Phi) is 3.08. The number of likely N-dealkylation sites (N-methyl/N-ethyl adjacent to an activating group) is 1. The predicted octanol–water partition coefficient (Wildman–Crippen LogP) is 0.740. The van der Waals surface area contributed by atoms with Crippen molar-refractivity contribution in [1.29, 1.82) is 0 Å². The van der Waals surface area contributed by atoms with E-state index in [0.717, 1.165) is 5.56 Å². The fraction of sp³-hybridized carbons (Fsp3) is 0.333. The summed E-state index contributed by atoms with van der Waals surface area (Å²) in [4.78, 5) is 0. The molecule has 1 atom stereocenters. The first-order chi connectivity index (χ1) is 5.34. The third-order valence-corrected chi connectivity index (χ3v) is 1.53. The summed E-state index contributed by atoms with van der Waals surface area (Å²) < 4.78 is 0. The number of rotatable bonds is 3. The highest BCUT2D eigenvalue weighted by Gasteiger charge is 2.03. The van der Waals surface area contributed by atoms with Crippen molar-refractivity contribution in [2.75, 3.05) is 13.6 Å². The van der Waals surface area contributed by atoms with Gasteiger partial charge in [0.2, 0.25) is 0 Å². The summed E-state index contributed by atoms with van der Waals surface area (Å²) in [5.41, 5.74) is 0.929. The molecule has 0 aromatic heterocycles. The Bertz CT molecular complexity index is 198. The Balaban J connectivity index is 2.61. The third kappa shape index (κ3) is 2.33. The van der Waals surface area contributed by atoms with Crippen LogP contribution in [0.1, 0.15) is 11.7 Å². The van der Waals surface area contributed by atoms with Gasteiger partial charge in [-0.25, -0.2) is 0 Å². The van der Waals surface area contributed by atoms with Gasteiger partial charge in [0.05, 0.1) is 6.10 Å². The van der Waals surface area contributed by atoms with Gasteiger partial charge in [-0.05, 0) is 18.7 Å². The van der Waals surface area contributed by atoms with Gasteiger partial charge in [-0.15, -0.1) is 0 Å². The van der Waals surface area contributed by atoms with Gasteiger partial charge in [0, 0.05) is 6.54 Å². The quantitative estimate of drug-likeness (QED) is 0.666. The van der Waals surface area contributed by atoms with E-state index in [1.807, 2.05) is 19.2 Å². The first kappa shape index (κ1) is 8.24. The standard InChI is InChI=1S/C9H12NO/c1-10-7-9(11)8-5-3-2-4-6-8/h3-6,9-11H,7H2,1H3. The van der Waals surface area contributed by atoms with Crippen LogP contribution in [0.3, 0.4) is 0 Å². The van der Waals surface area contributed by atoms with E-state index in [2.05, 4.69) is 11.4 Å². The molecule has 0 heterocycles. The van der Waals surface area contributed by atoms with Gasteiger partial charge in [-0.3, -0.25) is 0 Å².